The minimum atomic E-state index is -0.704. The van der Waals surface area contributed by atoms with Crippen molar-refractivity contribution in [3.05, 3.63) is 94.7 Å². The summed E-state index contributed by atoms with van der Waals surface area (Å²) in [5.74, 6) is -1.62. The molecule has 0 saturated heterocycles. The van der Waals surface area contributed by atoms with Crippen LogP contribution >= 0.6 is 11.6 Å². The van der Waals surface area contributed by atoms with Crippen LogP contribution in [0.1, 0.15) is 20.7 Å². The number of carbonyl (C=O) groups excluding carboxylic acids is 4. The van der Waals surface area contributed by atoms with Crippen LogP contribution in [0.4, 0.5) is 17.1 Å². The largest absolute Gasteiger partial charge is 0.497 e. The Morgan fingerprint density at radius 3 is 2.14 bits per heavy atom. The molecule has 2 N–H and O–H groups in total. The van der Waals surface area contributed by atoms with Crippen LogP contribution in [-0.4, -0.2) is 37.9 Å². The van der Waals surface area contributed by atoms with E-state index in [9.17, 15) is 19.2 Å². The lowest BCUT2D eigenvalue weighted by Crippen LogP contribution is -2.32. The van der Waals surface area contributed by atoms with Crippen molar-refractivity contribution in [2.24, 2.45) is 0 Å². The van der Waals surface area contributed by atoms with Gasteiger partial charge in [-0.15, -0.1) is 0 Å². The van der Waals surface area contributed by atoms with E-state index in [0.29, 0.717) is 22.7 Å². The van der Waals surface area contributed by atoms with Crippen LogP contribution in [0.15, 0.2) is 83.5 Å². The lowest BCUT2D eigenvalue weighted by atomic mass is 10.2. The van der Waals surface area contributed by atoms with E-state index < -0.39 is 17.8 Å². The second-order valence-corrected chi connectivity index (χ2v) is 7.94. The number of rotatable bonds is 7. The number of carbonyl (C=O) groups is 4. The van der Waals surface area contributed by atoms with E-state index in [-0.39, 0.29) is 27.9 Å². The normalized spacial score (nSPS) is 13.0. The Labute approximate surface area is 211 Å². The van der Waals surface area contributed by atoms with E-state index in [1.165, 1.54) is 38.5 Å². The molecule has 1 aliphatic heterocycles. The highest BCUT2D eigenvalue weighted by Crippen LogP contribution is 2.30. The lowest BCUT2D eigenvalue weighted by molar-refractivity contribution is -0.120. The molecule has 10 heteroatoms. The summed E-state index contributed by atoms with van der Waals surface area (Å²) in [7, 11) is 2.79. The summed E-state index contributed by atoms with van der Waals surface area (Å²) in [6.45, 7) is 0. The number of benzene rings is 3. The fraction of sp³-hybridized carbons (Fsp3) is 0.0769. The number of hydrogen-bond acceptors (Lipinski definition) is 7. The number of imide groups is 1. The SMILES string of the molecule is COC(=O)c1ccc(N2C(=O)C(Cl)=C(Nc3ccc(C(=O)Nc4cccc(OC)c4)cc3)C2=O)cc1. The molecule has 182 valence electrons. The van der Waals surface area contributed by atoms with Crippen LogP contribution in [-0.2, 0) is 14.3 Å². The molecule has 0 spiro atoms. The van der Waals surface area contributed by atoms with E-state index in [1.807, 2.05) is 0 Å². The molecule has 3 amide bonds. The first-order chi connectivity index (χ1) is 17.3. The first-order valence-electron chi connectivity index (χ1n) is 10.6. The Hall–Kier alpha value is -4.63. The van der Waals surface area contributed by atoms with E-state index in [0.717, 1.165) is 4.90 Å². The van der Waals surface area contributed by atoms with Crippen molar-refractivity contribution in [2.75, 3.05) is 29.8 Å². The second kappa shape index (κ2) is 10.3. The zero-order valence-corrected chi connectivity index (χ0v) is 20.0. The van der Waals surface area contributed by atoms with Gasteiger partial charge in [-0.05, 0) is 60.7 Å². The van der Waals surface area contributed by atoms with Gasteiger partial charge in [0.05, 0.1) is 25.5 Å². The van der Waals surface area contributed by atoms with E-state index in [2.05, 4.69) is 15.4 Å². The third-order valence-corrected chi connectivity index (χ3v) is 5.67. The third-order valence-electron chi connectivity index (χ3n) is 5.32. The monoisotopic (exact) mass is 505 g/mol. The molecule has 0 aromatic heterocycles. The van der Waals surface area contributed by atoms with Crippen molar-refractivity contribution in [3.8, 4) is 5.75 Å². The van der Waals surface area contributed by atoms with Crippen molar-refractivity contribution in [3.63, 3.8) is 0 Å². The summed E-state index contributed by atoms with van der Waals surface area (Å²) in [6, 6.07) is 19.0. The lowest BCUT2D eigenvalue weighted by Gasteiger charge is -2.15. The Balaban J connectivity index is 1.46. The smallest absolute Gasteiger partial charge is 0.337 e. The standard InChI is InChI=1S/C26H20ClN3O6/c1-35-20-5-3-4-18(14-20)29-23(31)15-6-10-17(11-7-15)28-22-21(27)24(32)30(25(22)33)19-12-8-16(9-13-19)26(34)36-2/h3-14,28H,1-2H3,(H,29,31). The summed E-state index contributed by atoms with van der Waals surface area (Å²) in [6.07, 6.45) is 0. The molecule has 0 bridgehead atoms. The van der Waals surface area contributed by atoms with Crippen molar-refractivity contribution in [1.82, 2.24) is 0 Å². The molecule has 3 aromatic carbocycles. The molecule has 0 atom stereocenters. The van der Waals surface area contributed by atoms with Crippen molar-refractivity contribution < 1.29 is 28.7 Å². The van der Waals surface area contributed by atoms with Crippen LogP contribution < -0.4 is 20.3 Å². The Morgan fingerprint density at radius 1 is 0.833 bits per heavy atom. The Morgan fingerprint density at radius 2 is 1.50 bits per heavy atom. The molecule has 0 saturated carbocycles. The van der Waals surface area contributed by atoms with Gasteiger partial charge in [-0.3, -0.25) is 14.4 Å². The summed E-state index contributed by atoms with van der Waals surface area (Å²) in [5, 5.41) is 5.35. The molecular formula is C26H20ClN3O6. The molecule has 36 heavy (non-hydrogen) atoms. The van der Waals surface area contributed by atoms with Gasteiger partial charge in [0.2, 0.25) is 0 Å². The van der Waals surface area contributed by atoms with E-state index in [4.69, 9.17) is 16.3 Å². The number of ether oxygens (including phenoxy) is 2. The summed E-state index contributed by atoms with van der Waals surface area (Å²) < 4.78 is 9.80. The maximum atomic E-state index is 13.0. The number of methoxy groups -OCH3 is 2. The molecule has 0 aliphatic carbocycles. The quantitative estimate of drug-likeness (QED) is 0.366. The predicted molar refractivity (Wildman–Crippen MR) is 134 cm³/mol. The minimum absolute atomic E-state index is 0.104. The zero-order chi connectivity index (χ0) is 25.8. The summed E-state index contributed by atoms with van der Waals surface area (Å²) in [5.41, 5.74) is 1.82. The minimum Gasteiger partial charge on any atom is -0.497 e. The van der Waals surface area contributed by atoms with E-state index in [1.54, 1.807) is 48.5 Å². The van der Waals surface area contributed by atoms with Gasteiger partial charge < -0.3 is 20.1 Å². The van der Waals surface area contributed by atoms with Gasteiger partial charge >= 0.3 is 5.97 Å². The molecule has 1 heterocycles. The van der Waals surface area contributed by atoms with Gasteiger partial charge in [0, 0.05) is 23.0 Å². The zero-order valence-electron chi connectivity index (χ0n) is 19.2. The van der Waals surface area contributed by atoms with Crippen molar-refractivity contribution in [1.29, 1.82) is 0 Å². The van der Waals surface area contributed by atoms with Crippen LogP contribution in [0.5, 0.6) is 5.75 Å². The number of anilines is 3. The van der Waals surface area contributed by atoms with Crippen molar-refractivity contribution >= 4 is 52.4 Å². The maximum absolute atomic E-state index is 13.0. The highest BCUT2D eigenvalue weighted by molar-refractivity contribution is 6.53. The number of hydrogen-bond donors (Lipinski definition) is 2. The fourth-order valence-electron chi connectivity index (χ4n) is 3.46. The Kier molecular flexibility index (Phi) is 7.03. The van der Waals surface area contributed by atoms with Gasteiger partial charge in [0.1, 0.15) is 16.5 Å². The number of esters is 1. The number of nitrogens with one attached hydrogen (secondary N) is 2. The average Bonchev–Trinajstić information content (AvgIpc) is 3.11. The maximum Gasteiger partial charge on any atom is 0.337 e. The van der Waals surface area contributed by atoms with Gasteiger partial charge in [0.15, 0.2) is 0 Å². The van der Waals surface area contributed by atoms with Gasteiger partial charge in [-0.1, -0.05) is 17.7 Å². The number of halogens is 1. The van der Waals surface area contributed by atoms with Crippen LogP contribution in [0.3, 0.4) is 0 Å². The summed E-state index contributed by atoms with van der Waals surface area (Å²) >= 11 is 6.18. The molecule has 3 aromatic rings. The van der Waals surface area contributed by atoms with E-state index >= 15 is 0 Å². The van der Waals surface area contributed by atoms with Crippen molar-refractivity contribution in [2.45, 2.75) is 0 Å². The van der Waals surface area contributed by atoms with Crippen LogP contribution in [0, 0.1) is 0 Å². The molecular weight excluding hydrogens is 486 g/mol. The summed E-state index contributed by atoms with van der Waals surface area (Å²) in [4.78, 5) is 50.7. The first kappa shape index (κ1) is 24.5. The molecule has 0 unspecified atom stereocenters. The van der Waals surface area contributed by atoms with Gasteiger partial charge in [-0.2, -0.15) is 0 Å². The third kappa shape index (κ3) is 4.91. The highest BCUT2D eigenvalue weighted by Gasteiger charge is 2.39. The van der Waals surface area contributed by atoms with Gasteiger partial charge in [0.25, 0.3) is 17.7 Å². The number of amides is 3. The molecule has 4 rings (SSSR count). The topological polar surface area (TPSA) is 114 Å². The van der Waals surface area contributed by atoms with Crippen LogP contribution in [0.25, 0.3) is 0 Å². The second-order valence-electron chi connectivity index (χ2n) is 7.56. The Bertz CT molecular complexity index is 1380. The molecule has 0 fully saturated rings. The van der Waals surface area contributed by atoms with Gasteiger partial charge in [-0.25, -0.2) is 9.69 Å². The molecule has 0 radical (unpaired) electrons. The van der Waals surface area contributed by atoms with Crippen LogP contribution in [0.2, 0.25) is 0 Å². The number of nitrogens with zero attached hydrogens (tertiary/aromatic N) is 1. The molecule has 1 aliphatic rings. The fourth-order valence-corrected chi connectivity index (χ4v) is 3.68. The highest BCUT2D eigenvalue weighted by atomic mass is 35.5. The predicted octanol–water partition coefficient (Wildman–Crippen LogP) is 4.17. The first-order valence-corrected chi connectivity index (χ1v) is 11.0. The molecule has 9 nitrogen and oxygen atoms in total. The average molecular weight is 506 g/mol.